The molecule has 1 heterocycles. The Morgan fingerprint density at radius 1 is 1.55 bits per heavy atom. The summed E-state index contributed by atoms with van der Waals surface area (Å²) in [5.74, 6) is -1.24. The number of phenolic OH excluding ortho intramolecular Hbond substituents is 1. The lowest BCUT2D eigenvalue weighted by molar-refractivity contribution is 0.0926. The summed E-state index contributed by atoms with van der Waals surface area (Å²) in [4.78, 5) is 16.1. The molecule has 6 nitrogen and oxygen atoms in total. The molecule has 2 N–H and O–H groups in total. The topological polar surface area (TPSA) is 88.2 Å². The highest BCUT2D eigenvalue weighted by molar-refractivity contribution is 5.97. The number of aromatic hydroxyl groups is 1. The van der Waals surface area contributed by atoms with Crippen molar-refractivity contribution in [2.75, 3.05) is 0 Å². The van der Waals surface area contributed by atoms with Gasteiger partial charge in [0.25, 0.3) is 5.91 Å². The summed E-state index contributed by atoms with van der Waals surface area (Å²) in [5, 5.41) is 15.9. The average molecular weight is 279 g/mol. The monoisotopic (exact) mass is 279 g/mol. The fourth-order valence-electron chi connectivity index (χ4n) is 1.77. The van der Waals surface area contributed by atoms with Crippen molar-refractivity contribution in [2.24, 2.45) is 0 Å². The van der Waals surface area contributed by atoms with E-state index in [1.54, 1.807) is 6.92 Å². The van der Waals surface area contributed by atoms with Gasteiger partial charge >= 0.3 is 0 Å². The largest absolute Gasteiger partial charge is 0.507 e. The fraction of sp³-hybridized carbons (Fsp3) is 0.308. The SMILES string of the molecule is CCC(NC(=O)c1c(O)cccc1F)c1noc(C)n1. The second-order valence-corrected chi connectivity index (χ2v) is 4.24. The highest BCUT2D eigenvalue weighted by Crippen LogP contribution is 2.21. The van der Waals surface area contributed by atoms with Crippen molar-refractivity contribution in [1.82, 2.24) is 15.5 Å². The lowest BCUT2D eigenvalue weighted by Gasteiger charge is -2.14. The first-order valence-electron chi connectivity index (χ1n) is 6.11. The maximum atomic E-state index is 13.6. The van der Waals surface area contributed by atoms with E-state index in [2.05, 4.69) is 15.5 Å². The van der Waals surface area contributed by atoms with Crippen molar-refractivity contribution in [3.05, 3.63) is 41.3 Å². The van der Waals surface area contributed by atoms with Crippen LogP contribution < -0.4 is 5.32 Å². The summed E-state index contributed by atoms with van der Waals surface area (Å²) >= 11 is 0. The van der Waals surface area contributed by atoms with E-state index in [9.17, 15) is 14.3 Å². The Hall–Kier alpha value is -2.44. The predicted octanol–water partition coefficient (Wildman–Crippen LogP) is 2.10. The molecule has 0 saturated carbocycles. The molecule has 7 heteroatoms. The second-order valence-electron chi connectivity index (χ2n) is 4.24. The first kappa shape index (κ1) is 14.0. The molecule has 1 unspecified atom stereocenters. The van der Waals surface area contributed by atoms with Gasteiger partial charge in [-0.1, -0.05) is 18.1 Å². The highest BCUT2D eigenvalue weighted by atomic mass is 19.1. The molecule has 1 aromatic heterocycles. The summed E-state index contributed by atoms with van der Waals surface area (Å²) in [6.45, 7) is 3.45. The number of aryl methyl sites for hydroxylation is 1. The van der Waals surface area contributed by atoms with Crippen molar-refractivity contribution in [3.8, 4) is 5.75 Å². The van der Waals surface area contributed by atoms with Crippen LogP contribution >= 0.6 is 0 Å². The third-order valence-corrected chi connectivity index (χ3v) is 2.79. The van der Waals surface area contributed by atoms with Crippen LogP contribution in [0.25, 0.3) is 0 Å². The van der Waals surface area contributed by atoms with Gasteiger partial charge in [-0.25, -0.2) is 4.39 Å². The normalized spacial score (nSPS) is 12.2. The van der Waals surface area contributed by atoms with E-state index in [4.69, 9.17) is 4.52 Å². The molecule has 0 radical (unpaired) electrons. The maximum Gasteiger partial charge on any atom is 0.258 e. The molecule has 0 spiro atoms. The van der Waals surface area contributed by atoms with Gasteiger partial charge in [0.05, 0.1) is 6.04 Å². The van der Waals surface area contributed by atoms with Crippen LogP contribution in [0.1, 0.15) is 41.5 Å². The van der Waals surface area contributed by atoms with Gasteiger partial charge < -0.3 is 14.9 Å². The molecule has 1 aromatic carbocycles. The Kier molecular flexibility index (Phi) is 3.97. The van der Waals surface area contributed by atoms with E-state index in [0.717, 1.165) is 6.07 Å². The van der Waals surface area contributed by atoms with E-state index in [-0.39, 0.29) is 0 Å². The van der Waals surface area contributed by atoms with Gasteiger partial charge in [0.15, 0.2) is 5.82 Å². The third kappa shape index (κ3) is 2.76. The number of amides is 1. The molecule has 0 aliphatic rings. The van der Waals surface area contributed by atoms with E-state index in [1.807, 2.05) is 6.92 Å². The Morgan fingerprint density at radius 3 is 2.85 bits per heavy atom. The van der Waals surface area contributed by atoms with Crippen molar-refractivity contribution < 1.29 is 18.8 Å². The van der Waals surface area contributed by atoms with Crippen LogP contribution in [0.15, 0.2) is 22.7 Å². The number of carbonyl (C=O) groups is 1. The number of rotatable bonds is 4. The lowest BCUT2D eigenvalue weighted by Crippen LogP contribution is -2.29. The summed E-state index contributed by atoms with van der Waals surface area (Å²) in [7, 11) is 0. The number of hydrogen-bond donors (Lipinski definition) is 2. The minimum Gasteiger partial charge on any atom is -0.507 e. The number of nitrogens with zero attached hydrogens (tertiary/aromatic N) is 2. The number of nitrogens with one attached hydrogen (secondary N) is 1. The van der Waals surface area contributed by atoms with Crippen molar-refractivity contribution >= 4 is 5.91 Å². The summed E-state index contributed by atoms with van der Waals surface area (Å²) in [5.41, 5.74) is -0.397. The Bertz CT molecular complexity index is 607. The van der Waals surface area contributed by atoms with E-state index in [1.165, 1.54) is 12.1 Å². The van der Waals surface area contributed by atoms with E-state index < -0.39 is 29.1 Å². The van der Waals surface area contributed by atoms with Gasteiger partial charge in [-0.2, -0.15) is 4.98 Å². The van der Waals surface area contributed by atoms with Crippen LogP contribution in [0.3, 0.4) is 0 Å². The molecule has 0 bridgehead atoms. The Morgan fingerprint density at radius 2 is 2.30 bits per heavy atom. The number of aromatic nitrogens is 2. The molecule has 0 saturated heterocycles. The molecule has 2 aromatic rings. The number of benzene rings is 1. The quantitative estimate of drug-likeness (QED) is 0.894. The molecule has 1 atom stereocenters. The lowest BCUT2D eigenvalue weighted by atomic mass is 10.1. The number of phenols is 1. The average Bonchev–Trinajstić information content (AvgIpc) is 2.82. The van der Waals surface area contributed by atoms with E-state index in [0.29, 0.717) is 18.1 Å². The van der Waals surface area contributed by atoms with Crippen molar-refractivity contribution in [3.63, 3.8) is 0 Å². The molecule has 20 heavy (non-hydrogen) atoms. The second kappa shape index (κ2) is 5.68. The standard InChI is InChI=1S/C13H14FN3O3/c1-3-9(12-15-7(2)20-17-12)16-13(19)11-8(14)5-4-6-10(11)18/h4-6,9,18H,3H2,1-2H3,(H,16,19). The minimum atomic E-state index is -0.790. The first-order chi connectivity index (χ1) is 9.52. The Balaban J connectivity index is 2.22. The van der Waals surface area contributed by atoms with Gasteiger partial charge in [-0.05, 0) is 18.6 Å². The number of hydrogen-bond acceptors (Lipinski definition) is 5. The van der Waals surface area contributed by atoms with Crippen LogP contribution in [-0.4, -0.2) is 21.2 Å². The summed E-state index contributed by atoms with van der Waals surface area (Å²) in [6, 6.07) is 3.16. The highest BCUT2D eigenvalue weighted by Gasteiger charge is 2.22. The zero-order valence-corrected chi connectivity index (χ0v) is 11.1. The molecule has 0 fully saturated rings. The van der Waals surface area contributed by atoms with Gasteiger partial charge in [-0.15, -0.1) is 0 Å². The van der Waals surface area contributed by atoms with Crippen LogP contribution in [0.4, 0.5) is 4.39 Å². The smallest absolute Gasteiger partial charge is 0.258 e. The third-order valence-electron chi connectivity index (χ3n) is 2.79. The molecule has 2 rings (SSSR count). The maximum absolute atomic E-state index is 13.6. The number of halogens is 1. The van der Waals surface area contributed by atoms with Crippen molar-refractivity contribution in [1.29, 1.82) is 0 Å². The zero-order chi connectivity index (χ0) is 14.7. The van der Waals surface area contributed by atoms with E-state index >= 15 is 0 Å². The molecular formula is C13H14FN3O3. The van der Waals surface area contributed by atoms with Crippen LogP contribution in [0.5, 0.6) is 5.75 Å². The van der Waals surface area contributed by atoms with Crippen LogP contribution in [-0.2, 0) is 0 Å². The van der Waals surface area contributed by atoms with Crippen LogP contribution in [0, 0.1) is 12.7 Å². The molecule has 1 amide bonds. The molecule has 0 aliphatic heterocycles. The first-order valence-corrected chi connectivity index (χ1v) is 6.11. The predicted molar refractivity (Wildman–Crippen MR) is 67.6 cm³/mol. The molecule has 106 valence electrons. The minimum absolute atomic E-state index is 0.314. The molecule has 0 aliphatic carbocycles. The van der Waals surface area contributed by atoms with Gasteiger partial charge in [0.1, 0.15) is 17.1 Å². The number of carbonyl (C=O) groups excluding carboxylic acids is 1. The van der Waals surface area contributed by atoms with Gasteiger partial charge in [0.2, 0.25) is 5.89 Å². The summed E-state index contributed by atoms with van der Waals surface area (Å²) < 4.78 is 18.4. The zero-order valence-electron chi connectivity index (χ0n) is 11.1. The van der Waals surface area contributed by atoms with Crippen LogP contribution in [0.2, 0.25) is 0 Å². The van der Waals surface area contributed by atoms with Gasteiger partial charge in [-0.3, -0.25) is 4.79 Å². The van der Waals surface area contributed by atoms with Crippen molar-refractivity contribution in [2.45, 2.75) is 26.3 Å². The molecular weight excluding hydrogens is 265 g/mol. The fourth-order valence-corrected chi connectivity index (χ4v) is 1.77. The summed E-state index contributed by atoms with van der Waals surface area (Å²) in [6.07, 6.45) is 0.500. The van der Waals surface area contributed by atoms with Gasteiger partial charge in [0, 0.05) is 6.92 Å². The Labute approximate surface area is 114 Å².